The SMILES string of the molecule is C#CCNC(=NC)NCC(CC)(CC)NC(=O)OC(C)(C)C. The Morgan fingerprint density at radius 2 is 1.82 bits per heavy atom. The molecular weight excluding hydrogens is 280 g/mol. The maximum absolute atomic E-state index is 12.0. The number of ether oxygens (including phenoxy) is 1. The van der Waals surface area contributed by atoms with Crippen LogP contribution in [0.3, 0.4) is 0 Å². The Morgan fingerprint density at radius 3 is 2.23 bits per heavy atom. The van der Waals surface area contributed by atoms with Gasteiger partial charge in [-0.3, -0.25) is 4.99 Å². The van der Waals surface area contributed by atoms with E-state index in [0.29, 0.717) is 19.0 Å². The van der Waals surface area contributed by atoms with Gasteiger partial charge in [0.05, 0.1) is 12.1 Å². The van der Waals surface area contributed by atoms with Crippen molar-refractivity contribution in [3.8, 4) is 12.3 Å². The van der Waals surface area contributed by atoms with Gasteiger partial charge in [-0.1, -0.05) is 19.8 Å². The molecule has 0 rings (SSSR count). The lowest BCUT2D eigenvalue weighted by Gasteiger charge is -2.34. The maximum Gasteiger partial charge on any atom is 0.408 e. The summed E-state index contributed by atoms with van der Waals surface area (Å²) in [5, 5.41) is 9.15. The fourth-order valence-electron chi connectivity index (χ4n) is 1.85. The first kappa shape index (κ1) is 20.1. The Balaban J connectivity index is 4.75. The molecule has 0 fully saturated rings. The van der Waals surface area contributed by atoms with Gasteiger partial charge in [-0.15, -0.1) is 6.42 Å². The zero-order valence-corrected chi connectivity index (χ0v) is 14.7. The minimum atomic E-state index is -0.519. The van der Waals surface area contributed by atoms with Crippen molar-refractivity contribution in [1.82, 2.24) is 16.0 Å². The summed E-state index contributed by atoms with van der Waals surface area (Å²) in [4.78, 5) is 16.1. The molecule has 0 aromatic rings. The first-order valence-corrected chi connectivity index (χ1v) is 7.61. The third kappa shape index (κ3) is 7.77. The highest BCUT2D eigenvalue weighted by molar-refractivity contribution is 5.80. The standard InChI is InChI=1S/C16H30N4O2/c1-8-11-18-13(17-7)19-12-16(9-2,10-3)20-14(21)22-15(4,5)6/h1H,9-12H2,2-7H3,(H,20,21)(H2,17,18,19). The van der Waals surface area contributed by atoms with Crippen LogP contribution in [0.2, 0.25) is 0 Å². The number of hydrogen-bond acceptors (Lipinski definition) is 3. The summed E-state index contributed by atoms with van der Waals surface area (Å²) >= 11 is 0. The molecule has 0 atom stereocenters. The minimum absolute atomic E-state index is 0.393. The van der Waals surface area contributed by atoms with Crippen LogP contribution in [0.25, 0.3) is 0 Å². The highest BCUT2D eigenvalue weighted by Crippen LogP contribution is 2.16. The fraction of sp³-hybridized carbons (Fsp3) is 0.750. The van der Waals surface area contributed by atoms with E-state index >= 15 is 0 Å². The summed E-state index contributed by atoms with van der Waals surface area (Å²) in [7, 11) is 1.67. The second kappa shape index (κ2) is 9.19. The number of aliphatic imine (C=N–C) groups is 1. The highest BCUT2D eigenvalue weighted by atomic mass is 16.6. The van der Waals surface area contributed by atoms with Gasteiger partial charge in [0, 0.05) is 13.6 Å². The quantitative estimate of drug-likeness (QED) is 0.398. The van der Waals surface area contributed by atoms with Gasteiger partial charge >= 0.3 is 6.09 Å². The number of terminal acetylenes is 1. The molecule has 0 heterocycles. The Kier molecular flexibility index (Phi) is 8.39. The lowest BCUT2D eigenvalue weighted by atomic mass is 9.93. The van der Waals surface area contributed by atoms with Gasteiger partial charge < -0.3 is 20.7 Å². The molecule has 0 radical (unpaired) electrons. The van der Waals surface area contributed by atoms with Crippen LogP contribution in [-0.4, -0.2) is 43.3 Å². The van der Waals surface area contributed by atoms with Crippen LogP contribution in [0, 0.1) is 12.3 Å². The molecule has 0 spiro atoms. The van der Waals surface area contributed by atoms with Gasteiger partial charge in [0.15, 0.2) is 5.96 Å². The number of nitrogens with zero attached hydrogens (tertiary/aromatic N) is 1. The monoisotopic (exact) mass is 310 g/mol. The molecule has 0 aliphatic carbocycles. The zero-order valence-electron chi connectivity index (χ0n) is 14.7. The van der Waals surface area contributed by atoms with Crippen molar-refractivity contribution in [1.29, 1.82) is 0 Å². The van der Waals surface area contributed by atoms with Gasteiger partial charge in [-0.2, -0.15) is 0 Å². The Labute approximate surface area is 134 Å². The number of carbonyl (C=O) groups is 1. The molecule has 6 heteroatoms. The molecule has 0 unspecified atom stereocenters. The van der Waals surface area contributed by atoms with E-state index in [1.54, 1.807) is 7.05 Å². The van der Waals surface area contributed by atoms with Crippen LogP contribution in [0.4, 0.5) is 4.79 Å². The number of carbonyl (C=O) groups excluding carboxylic acids is 1. The normalized spacial score (nSPS) is 12.3. The Morgan fingerprint density at radius 1 is 1.23 bits per heavy atom. The first-order valence-electron chi connectivity index (χ1n) is 7.61. The maximum atomic E-state index is 12.0. The second-order valence-electron chi connectivity index (χ2n) is 6.10. The average Bonchev–Trinajstić information content (AvgIpc) is 2.44. The van der Waals surface area contributed by atoms with Crippen LogP contribution in [0.15, 0.2) is 4.99 Å². The highest BCUT2D eigenvalue weighted by Gasteiger charge is 2.30. The van der Waals surface area contributed by atoms with Crippen molar-refractivity contribution in [2.45, 2.75) is 58.6 Å². The molecule has 0 saturated heterocycles. The van der Waals surface area contributed by atoms with Gasteiger partial charge in [0.1, 0.15) is 5.60 Å². The number of alkyl carbamates (subject to hydrolysis) is 1. The van der Waals surface area contributed by atoms with Crippen molar-refractivity contribution in [2.24, 2.45) is 4.99 Å². The minimum Gasteiger partial charge on any atom is -0.444 e. The lowest BCUT2D eigenvalue weighted by Crippen LogP contribution is -2.57. The number of rotatable bonds is 6. The van der Waals surface area contributed by atoms with E-state index in [9.17, 15) is 4.79 Å². The van der Waals surface area contributed by atoms with Gasteiger partial charge in [0.25, 0.3) is 0 Å². The predicted octanol–water partition coefficient (Wildman–Crippen LogP) is 1.87. The third-order valence-corrected chi connectivity index (χ3v) is 3.30. The zero-order chi connectivity index (χ0) is 17.2. The van der Waals surface area contributed by atoms with Crippen LogP contribution < -0.4 is 16.0 Å². The van der Waals surface area contributed by atoms with Crippen LogP contribution in [0.1, 0.15) is 47.5 Å². The molecule has 22 heavy (non-hydrogen) atoms. The molecule has 0 aromatic heterocycles. The summed E-state index contributed by atoms with van der Waals surface area (Å²) in [5.74, 6) is 3.10. The van der Waals surface area contributed by atoms with E-state index in [1.807, 2.05) is 34.6 Å². The van der Waals surface area contributed by atoms with Crippen molar-refractivity contribution >= 4 is 12.1 Å². The summed E-state index contributed by atoms with van der Waals surface area (Å²) in [5.41, 5.74) is -0.925. The van der Waals surface area contributed by atoms with Crippen LogP contribution in [0.5, 0.6) is 0 Å². The number of hydrogen-bond donors (Lipinski definition) is 3. The van der Waals surface area contributed by atoms with Crippen LogP contribution >= 0.6 is 0 Å². The third-order valence-electron chi connectivity index (χ3n) is 3.30. The van der Waals surface area contributed by atoms with Gasteiger partial charge in [-0.25, -0.2) is 4.79 Å². The van der Waals surface area contributed by atoms with Crippen molar-refractivity contribution in [3.05, 3.63) is 0 Å². The smallest absolute Gasteiger partial charge is 0.408 e. The molecule has 3 N–H and O–H groups in total. The molecule has 0 saturated carbocycles. The van der Waals surface area contributed by atoms with E-state index in [1.165, 1.54) is 0 Å². The first-order chi connectivity index (χ1) is 10.2. The van der Waals surface area contributed by atoms with Crippen molar-refractivity contribution in [3.63, 3.8) is 0 Å². The van der Waals surface area contributed by atoms with E-state index in [0.717, 1.165) is 12.8 Å². The Hall–Kier alpha value is -1.90. The topological polar surface area (TPSA) is 74.8 Å². The molecule has 0 aliphatic heterocycles. The van der Waals surface area contributed by atoms with E-state index in [4.69, 9.17) is 11.2 Å². The second-order valence-corrected chi connectivity index (χ2v) is 6.10. The molecular formula is C16H30N4O2. The van der Waals surface area contributed by atoms with E-state index in [-0.39, 0.29) is 0 Å². The molecule has 0 aromatic carbocycles. The molecule has 126 valence electrons. The largest absolute Gasteiger partial charge is 0.444 e. The van der Waals surface area contributed by atoms with E-state index < -0.39 is 17.2 Å². The number of nitrogens with one attached hydrogen (secondary N) is 3. The fourth-order valence-corrected chi connectivity index (χ4v) is 1.85. The average molecular weight is 310 g/mol. The van der Waals surface area contributed by atoms with E-state index in [2.05, 4.69) is 26.9 Å². The molecule has 0 bridgehead atoms. The summed E-state index contributed by atoms with van der Waals surface area (Å²) in [6.07, 6.45) is 6.34. The van der Waals surface area contributed by atoms with Gasteiger partial charge in [0.2, 0.25) is 0 Å². The summed E-state index contributed by atoms with van der Waals surface area (Å²) in [6.45, 7) is 10.5. The summed E-state index contributed by atoms with van der Waals surface area (Å²) in [6, 6.07) is 0. The lowest BCUT2D eigenvalue weighted by molar-refractivity contribution is 0.0448. The predicted molar refractivity (Wildman–Crippen MR) is 90.9 cm³/mol. The molecule has 1 amide bonds. The molecule has 0 aliphatic rings. The van der Waals surface area contributed by atoms with Crippen molar-refractivity contribution in [2.75, 3.05) is 20.1 Å². The summed E-state index contributed by atoms with van der Waals surface area (Å²) < 4.78 is 5.34. The number of amides is 1. The van der Waals surface area contributed by atoms with Crippen LogP contribution in [-0.2, 0) is 4.74 Å². The van der Waals surface area contributed by atoms with Crippen molar-refractivity contribution < 1.29 is 9.53 Å². The Bertz CT molecular complexity index is 415. The number of guanidine groups is 1. The van der Waals surface area contributed by atoms with Gasteiger partial charge in [-0.05, 0) is 33.6 Å². The molecule has 6 nitrogen and oxygen atoms in total.